The van der Waals surface area contributed by atoms with Gasteiger partial charge in [-0.15, -0.1) is 10.2 Å². The molecule has 1 fully saturated rings. The number of halogens is 2. The Bertz CT molecular complexity index is 617. The summed E-state index contributed by atoms with van der Waals surface area (Å²) in [5, 5.41) is 9.11. The molecule has 1 heterocycles. The van der Waals surface area contributed by atoms with E-state index < -0.39 is 0 Å². The first kappa shape index (κ1) is 13.1. The lowest BCUT2D eigenvalue weighted by Gasteiger charge is -2.46. The third-order valence-corrected chi connectivity index (χ3v) is 5.22. The molecule has 0 radical (unpaired) electrons. The van der Waals surface area contributed by atoms with Crippen LogP contribution in [0.2, 0.25) is 5.02 Å². The number of hydrogen-bond acceptors (Lipinski definition) is 2. The lowest BCUT2D eigenvalue weighted by atomic mass is 9.58. The molecule has 3 rings (SSSR count). The Morgan fingerprint density at radius 2 is 2.16 bits per heavy atom. The van der Waals surface area contributed by atoms with Gasteiger partial charge in [0.2, 0.25) is 0 Å². The van der Waals surface area contributed by atoms with Crippen LogP contribution in [-0.4, -0.2) is 14.8 Å². The Morgan fingerprint density at radius 1 is 1.42 bits per heavy atom. The van der Waals surface area contributed by atoms with Crippen LogP contribution in [0, 0.1) is 5.92 Å². The molecule has 3 nitrogen and oxygen atoms in total. The number of rotatable bonds is 2. The van der Waals surface area contributed by atoms with Gasteiger partial charge in [-0.3, -0.25) is 0 Å². The van der Waals surface area contributed by atoms with Gasteiger partial charge in [-0.25, -0.2) is 0 Å². The molecule has 0 unspecified atom stereocenters. The lowest BCUT2D eigenvalue weighted by molar-refractivity contribution is 0.185. The zero-order valence-electron chi connectivity index (χ0n) is 10.9. The third-order valence-electron chi connectivity index (χ3n) is 4.01. The van der Waals surface area contributed by atoms with Gasteiger partial charge in [0.05, 0.1) is 10.4 Å². The first-order valence-electron chi connectivity index (χ1n) is 6.33. The maximum atomic E-state index is 6.10. The smallest absolute Gasteiger partial charge is 0.143 e. The molecule has 0 amide bonds. The Morgan fingerprint density at radius 3 is 2.68 bits per heavy atom. The summed E-state index contributed by atoms with van der Waals surface area (Å²) in [5.74, 6) is 1.76. The maximum Gasteiger partial charge on any atom is 0.143 e. The fraction of sp³-hybridized carbons (Fsp3) is 0.429. The normalized spacial score (nSPS) is 26.2. The van der Waals surface area contributed by atoms with E-state index in [0.29, 0.717) is 5.92 Å². The Kier molecular flexibility index (Phi) is 3.18. The van der Waals surface area contributed by atoms with Crippen LogP contribution in [0.4, 0.5) is 0 Å². The number of hydrogen-bond donors (Lipinski definition) is 0. The van der Waals surface area contributed by atoms with Gasteiger partial charge in [-0.05, 0) is 52.4 Å². The van der Waals surface area contributed by atoms with Crippen LogP contribution >= 0.6 is 27.5 Å². The summed E-state index contributed by atoms with van der Waals surface area (Å²) in [4.78, 5) is 0. The Labute approximate surface area is 126 Å². The second-order valence-electron chi connectivity index (χ2n) is 5.49. The molecule has 0 spiro atoms. The molecule has 5 heteroatoms. The van der Waals surface area contributed by atoms with Crippen molar-refractivity contribution in [2.24, 2.45) is 13.0 Å². The van der Waals surface area contributed by atoms with Crippen molar-refractivity contribution in [2.45, 2.75) is 25.2 Å². The van der Waals surface area contributed by atoms with Gasteiger partial charge < -0.3 is 4.57 Å². The topological polar surface area (TPSA) is 30.7 Å². The van der Waals surface area contributed by atoms with Crippen molar-refractivity contribution in [3.8, 4) is 0 Å². The minimum absolute atomic E-state index is 0.0161. The second kappa shape index (κ2) is 4.60. The van der Waals surface area contributed by atoms with Crippen LogP contribution < -0.4 is 0 Å². The van der Waals surface area contributed by atoms with Crippen LogP contribution in [0.5, 0.6) is 0 Å². The third kappa shape index (κ3) is 2.01. The highest BCUT2D eigenvalue weighted by Gasteiger charge is 2.48. The van der Waals surface area contributed by atoms with Gasteiger partial charge in [-0.1, -0.05) is 24.6 Å². The van der Waals surface area contributed by atoms with Crippen molar-refractivity contribution in [3.63, 3.8) is 0 Å². The lowest BCUT2D eigenvalue weighted by Crippen LogP contribution is -2.43. The summed E-state index contributed by atoms with van der Waals surface area (Å²) in [5.41, 5.74) is 1.25. The molecule has 0 saturated heterocycles. The maximum absolute atomic E-state index is 6.10. The van der Waals surface area contributed by atoms with E-state index in [1.165, 1.54) is 5.56 Å². The molecule has 1 aromatic carbocycles. The van der Waals surface area contributed by atoms with Crippen molar-refractivity contribution in [2.75, 3.05) is 0 Å². The first-order chi connectivity index (χ1) is 9.03. The molecule has 1 aliphatic carbocycles. The van der Waals surface area contributed by atoms with E-state index in [9.17, 15) is 0 Å². The molecule has 0 atom stereocenters. The number of benzene rings is 1. The number of aromatic nitrogens is 3. The molecule has 0 N–H and O–H groups in total. The predicted octanol–water partition coefficient (Wildman–Crippen LogP) is 3.95. The quantitative estimate of drug-likeness (QED) is 0.829. The SMILES string of the molecule is CC1CC(c2ccc(Cl)c(Br)c2)(c2nncn2C)C1. The minimum atomic E-state index is -0.0161. The van der Waals surface area contributed by atoms with Gasteiger partial charge in [0.15, 0.2) is 0 Å². The van der Waals surface area contributed by atoms with Crippen LogP contribution in [0.25, 0.3) is 0 Å². The highest BCUT2D eigenvalue weighted by Crippen LogP contribution is 2.52. The van der Waals surface area contributed by atoms with Crippen molar-refractivity contribution in [1.82, 2.24) is 14.8 Å². The predicted molar refractivity (Wildman–Crippen MR) is 79.3 cm³/mol. The van der Waals surface area contributed by atoms with Crippen molar-refractivity contribution < 1.29 is 0 Å². The average molecular weight is 341 g/mol. The van der Waals surface area contributed by atoms with Gasteiger partial charge in [0.1, 0.15) is 12.2 Å². The Hall–Kier alpha value is -0.870. The summed E-state index contributed by atoms with van der Waals surface area (Å²) in [6.45, 7) is 2.28. The minimum Gasteiger partial charge on any atom is -0.320 e. The molecule has 19 heavy (non-hydrogen) atoms. The standard InChI is InChI=1S/C14H15BrClN3/c1-9-6-14(7-9,13-18-17-8-19(13)2)10-3-4-12(16)11(15)5-10/h3-5,8-9H,6-7H2,1-2H3. The Balaban J connectivity index is 2.11. The van der Waals surface area contributed by atoms with Crippen molar-refractivity contribution in [3.05, 3.63) is 45.4 Å². The van der Waals surface area contributed by atoms with Gasteiger partial charge in [0, 0.05) is 11.5 Å². The van der Waals surface area contributed by atoms with Crippen LogP contribution in [0.15, 0.2) is 29.0 Å². The van der Waals surface area contributed by atoms with Crippen LogP contribution in [0.1, 0.15) is 31.2 Å². The molecule has 0 bridgehead atoms. The number of nitrogens with zero attached hydrogens (tertiary/aromatic N) is 3. The molecule has 1 aromatic heterocycles. The van der Waals surface area contributed by atoms with E-state index in [0.717, 1.165) is 28.2 Å². The van der Waals surface area contributed by atoms with Crippen LogP contribution in [-0.2, 0) is 12.5 Å². The zero-order chi connectivity index (χ0) is 13.6. The van der Waals surface area contributed by atoms with Crippen LogP contribution in [0.3, 0.4) is 0 Å². The van der Waals surface area contributed by atoms with Gasteiger partial charge >= 0.3 is 0 Å². The number of aryl methyl sites for hydroxylation is 1. The second-order valence-corrected chi connectivity index (χ2v) is 6.75. The molecule has 100 valence electrons. The summed E-state index contributed by atoms with van der Waals surface area (Å²) in [6, 6.07) is 6.17. The average Bonchev–Trinajstić information content (AvgIpc) is 2.75. The summed E-state index contributed by atoms with van der Waals surface area (Å²) < 4.78 is 2.96. The van der Waals surface area contributed by atoms with Gasteiger partial charge in [-0.2, -0.15) is 0 Å². The molecule has 2 aromatic rings. The van der Waals surface area contributed by atoms with E-state index in [-0.39, 0.29) is 5.41 Å². The zero-order valence-corrected chi connectivity index (χ0v) is 13.2. The van der Waals surface area contributed by atoms with E-state index in [1.807, 2.05) is 17.7 Å². The fourth-order valence-electron chi connectivity index (χ4n) is 3.19. The molecule has 1 aliphatic rings. The summed E-state index contributed by atoms with van der Waals surface area (Å²) in [7, 11) is 2.00. The molecule has 0 aliphatic heterocycles. The highest BCUT2D eigenvalue weighted by molar-refractivity contribution is 9.10. The van der Waals surface area contributed by atoms with E-state index in [1.54, 1.807) is 6.33 Å². The largest absolute Gasteiger partial charge is 0.320 e. The molecular formula is C14H15BrClN3. The summed E-state index contributed by atoms with van der Waals surface area (Å²) >= 11 is 9.61. The highest BCUT2D eigenvalue weighted by atomic mass is 79.9. The first-order valence-corrected chi connectivity index (χ1v) is 7.50. The van der Waals surface area contributed by atoms with Crippen molar-refractivity contribution in [1.29, 1.82) is 0 Å². The summed E-state index contributed by atoms with van der Waals surface area (Å²) in [6.07, 6.45) is 3.98. The molecular weight excluding hydrogens is 326 g/mol. The molecule has 1 saturated carbocycles. The van der Waals surface area contributed by atoms with E-state index in [2.05, 4.69) is 45.2 Å². The fourth-order valence-corrected chi connectivity index (χ4v) is 3.68. The van der Waals surface area contributed by atoms with Gasteiger partial charge in [0.25, 0.3) is 0 Å². The monoisotopic (exact) mass is 339 g/mol. The van der Waals surface area contributed by atoms with E-state index >= 15 is 0 Å². The van der Waals surface area contributed by atoms with Crippen molar-refractivity contribution >= 4 is 27.5 Å². The van der Waals surface area contributed by atoms with E-state index in [4.69, 9.17) is 11.6 Å².